The van der Waals surface area contributed by atoms with Gasteiger partial charge in [-0.05, 0) is 30.7 Å². The molecule has 4 nitrogen and oxygen atoms in total. The Kier molecular flexibility index (Phi) is 3.28. The Morgan fingerprint density at radius 3 is 2.85 bits per heavy atom. The Morgan fingerprint density at radius 2 is 2.23 bits per heavy atom. The van der Waals surface area contributed by atoms with Crippen molar-refractivity contribution < 1.29 is 9.53 Å². The highest BCUT2D eigenvalue weighted by atomic mass is 16.5. The summed E-state index contributed by atoms with van der Waals surface area (Å²) >= 11 is 0. The Bertz CT molecular complexity index is 299. The van der Waals surface area contributed by atoms with Crippen molar-refractivity contribution in [3.63, 3.8) is 0 Å². The zero-order valence-electron chi connectivity index (χ0n) is 7.19. The molecule has 0 spiro atoms. The van der Waals surface area contributed by atoms with Crippen molar-refractivity contribution in [2.24, 2.45) is 11.5 Å². The molecule has 0 atom stereocenters. The van der Waals surface area contributed by atoms with Gasteiger partial charge in [-0.25, -0.2) is 4.79 Å². The molecule has 0 aliphatic heterocycles. The van der Waals surface area contributed by atoms with Gasteiger partial charge in [-0.2, -0.15) is 0 Å². The van der Waals surface area contributed by atoms with Crippen molar-refractivity contribution in [3.8, 4) is 5.75 Å². The van der Waals surface area contributed by atoms with Gasteiger partial charge in [0.2, 0.25) is 0 Å². The Morgan fingerprint density at radius 1 is 1.46 bits per heavy atom. The fraction of sp³-hybridized carbons (Fsp3) is 0.222. The van der Waals surface area contributed by atoms with Gasteiger partial charge in [0.1, 0.15) is 5.75 Å². The normalized spacial score (nSPS) is 9.62. The van der Waals surface area contributed by atoms with Crippen LogP contribution in [0.2, 0.25) is 0 Å². The number of rotatable bonds is 3. The van der Waals surface area contributed by atoms with Crippen LogP contribution < -0.4 is 16.2 Å². The van der Waals surface area contributed by atoms with Crippen LogP contribution in [0.15, 0.2) is 24.3 Å². The van der Waals surface area contributed by atoms with E-state index in [1.54, 1.807) is 18.2 Å². The number of benzene rings is 1. The van der Waals surface area contributed by atoms with Gasteiger partial charge in [0.15, 0.2) is 0 Å². The van der Waals surface area contributed by atoms with E-state index in [1.165, 1.54) is 0 Å². The highest BCUT2D eigenvalue weighted by Gasteiger charge is 1.99. The van der Waals surface area contributed by atoms with Crippen molar-refractivity contribution in [1.29, 1.82) is 0 Å². The lowest BCUT2D eigenvalue weighted by atomic mass is 10.1. The molecule has 13 heavy (non-hydrogen) atoms. The van der Waals surface area contributed by atoms with E-state index < -0.39 is 6.09 Å². The standard InChI is InChI=1S/C9H12N2O2/c10-5-4-7-2-1-3-8(6-7)13-9(11)12/h1-3,6H,4-5,10H2,(H2,11,12). The molecule has 0 aliphatic rings. The molecular formula is C9H12N2O2. The minimum Gasteiger partial charge on any atom is -0.410 e. The van der Waals surface area contributed by atoms with Crippen LogP contribution in [0.3, 0.4) is 0 Å². The summed E-state index contributed by atoms with van der Waals surface area (Å²) in [4.78, 5) is 10.4. The van der Waals surface area contributed by atoms with Crippen LogP contribution in [0.1, 0.15) is 5.56 Å². The van der Waals surface area contributed by atoms with E-state index in [4.69, 9.17) is 16.2 Å². The fourth-order valence-corrected chi connectivity index (χ4v) is 1.05. The van der Waals surface area contributed by atoms with Crippen molar-refractivity contribution in [3.05, 3.63) is 29.8 Å². The molecule has 1 amide bonds. The summed E-state index contributed by atoms with van der Waals surface area (Å²) < 4.78 is 4.70. The molecule has 0 unspecified atom stereocenters. The second kappa shape index (κ2) is 4.47. The largest absolute Gasteiger partial charge is 0.410 e. The molecule has 0 fully saturated rings. The van der Waals surface area contributed by atoms with Crippen LogP contribution in [-0.4, -0.2) is 12.6 Å². The molecule has 0 aromatic heterocycles. The first-order valence-electron chi connectivity index (χ1n) is 3.98. The average molecular weight is 180 g/mol. The van der Waals surface area contributed by atoms with Gasteiger partial charge in [-0.3, -0.25) is 0 Å². The van der Waals surface area contributed by atoms with Gasteiger partial charge in [-0.1, -0.05) is 12.1 Å². The topological polar surface area (TPSA) is 78.3 Å². The highest BCUT2D eigenvalue weighted by molar-refractivity contribution is 5.68. The van der Waals surface area contributed by atoms with E-state index in [0.29, 0.717) is 12.3 Å². The zero-order chi connectivity index (χ0) is 9.68. The fourth-order valence-electron chi connectivity index (χ4n) is 1.05. The van der Waals surface area contributed by atoms with Crippen molar-refractivity contribution in [2.75, 3.05) is 6.54 Å². The summed E-state index contributed by atoms with van der Waals surface area (Å²) in [5, 5.41) is 0. The lowest BCUT2D eigenvalue weighted by Gasteiger charge is -2.02. The van der Waals surface area contributed by atoms with Crippen LogP contribution >= 0.6 is 0 Å². The van der Waals surface area contributed by atoms with Crippen LogP contribution in [0.5, 0.6) is 5.75 Å². The van der Waals surface area contributed by atoms with Crippen LogP contribution in [0, 0.1) is 0 Å². The van der Waals surface area contributed by atoms with Gasteiger partial charge in [0.25, 0.3) is 0 Å². The van der Waals surface area contributed by atoms with Gasteiger partial charge in [-0.15, -0.1) is 0 Å². The summed E-state index contributed by atoms with van der Waals surface area (Å²) in [6.07, 6.45) is -0.0411. The molecule has 1 rings (SSSR count). The summed E-state index contributed by atoms with van der Waals surface area (Å²) in [7, 11) is 0. The summed E-state index contributed by atoms with van der Waals surface area (Å²) in [5.74, 6) is 0.457. The quantitative estimate of drug-likeness (QED) is 0.716. The maximum atomic E-state index is 10.4. The molecule has 1 aromatic carbocycles. The maximum absolute atomic E-state index is 10.4. The van der Waals surface area contributed by atoms with Gasteiger partial charge in [0.05, 0.1) is 0 Å². The first-order chi connectivity index (χ1) is 6.22. The molecule has 0 radical (unpaired) electrons. The minimum atomic E-state index is -0.801. The predicted octanol–water partition coefficient (Wildman–Crippen LogP) is 0.645. The maximum Gasteiger partial charge on any atom is 0.409 e. The second-order valence-corrected chi connectivity index (χ2v) is 2.61. The zero-order valence-corrected chi connectivity index (χ0v) is 7.19. The number of carbonyl (C=O) groups is 1. The Balaban J connectivity index is 2.73. The number of hydrogen-bond acceptors (Lipinski definition) is 3. The number of carbonyl (C=O) groups excluding carboxylic acids is 1. The first kappa shape index (κ1) is 9.54. The van der Waals surface area contributed by atoms with Gasteiger partial charge < -0.3 is 16.2 Å². The van der Waals surface area contributed by atoms with E-state index in [9.17, 15) is 4.79 Å². The molecule has 0 saturated heterocycles. The molecule has 0 heterocycles. The number of primary amides is 1. The third-order valence-electron chi connectivity index (χ3n) is 1.55. The highest BCUT2D eigenvalue weighted by Crippen LogP contribution is 2.13. The average Bonchev–Trinajstić information content (AvgIpc) is 2.04. The molecule has 1 aromatic rings. The van der Waals surface area contributed by atoms with E-state index in [-0.39, 0.29) is 0 Å². The molecule has 0 aliphatic carbocycles. The lowest BCUT2D eigenvalue weighted by Crippen LogP contribution is -2.16. The second-order valence-electron chi connectivity index (χ2n) is 2.61. The van der Waals surface area contributed by atoms with Crippen LogP contribution in [0.4, 0.5) is 4.79 Å². The van der Waals surface area contributed by atoms with E-state index >= 15 is 0 Å². The first-order valence-corrected chi connectivity index (χ1v) is 3.98. The van der Waals surface area contributed by atoms with Crippen LogP contribution in [0.25, 0.3) is 0 Å². The molecule has 0 bridgehead atoms. The number of ether oxygens (including phenoxy) is 1. The molecule has 4 N–H and O–H groups in total. The number of hydrogen-bond donors (Lipinski definition) is 2. The van der Waals surface area contributed by atoms with Crippen molar-refractivity contribution in [2.45, 2.75) is 6.42 Å². The molecule has 70 valence electrons. The van der Waals surface area contributed by atoms with Crippen LogP contribution in [-0.2, 0) is 6.42 Å². The molecule has 0 saturated carbocycles. The van der Waals surface area contributed by atoms with E-state index in [0.717, 1.165) is 12.0 Å². The van der Waals surface area contributed by atoms with E-state index in [2.05, 4.69) is 0 Å². The minimum absolute atomic E-state index is 0.457. The Hall–Kier alpha value is -1.55. The number of amides is 1. The predicted molar refractivity (Wildman–Crippen MR) is 49.4 cm³/mol. The Labute approximate surface area is 76.5 Å². The lowest BCUT2D eigenvalue weighted by molar-refractivity contribution is 0.211. The third kappa shape index (κ3) is 3.13. The molecular weight excluding hydrogens is 168 g/mol. The SMILES string of the molecule is NCCc1cccc(OC(N)=O)c1. The summed E-state index contributed by atoms with van der Waals surface area (Å²) in [5.41, 5.74) is 11.3. The monoisotopic (exact) mass is 180 g/mol. The van der Waals surface area contributed by atoms with Gasteiger partial charge >= 0.3 is 6.09 Å². The van der Waals surface area contributed by atoms with Crippen molar-refractivity contribution in [1.82, 2.24) is 0 Å². The smallest absolute Gasteiger partial charge is 0.409 e. The van der Waals surface area contributed by atoms with Gasteiger partial charge in [0, 0.05) is 0 Å². The number of nitrogens with two attached hydrogens (primary N) is 2. The third-order valence-corrected chi connectivity index (χ3v) is 1.55. The summed E-state index contributed by atoms with van der Waals surface area (Å²) in [6.45, 7) is 0.569. The molecule has 4 heteroatoms. The van der Waals surface area contributed by atoms with E-state index in [1.807, 2.05) is 6.07 Å². The van der Waals surface area contributed by atoms with Crippen molar-refractivity contribution >= 4 is 6.09 Å². The summed E-state index contributed by atoms with van der Waals surface area (Å²) in [6, 6.07) is 7.13.